The summed E-state index contributed by atoms with van der Waals surface area (Å²) in [6, 6.07) is 12.8. The summed E-state index contributed by atoms with van der Waals surface area (Å²) in [6.45, 7) is 7.79. The number of carbonyl (C=O) groups is 3. The highest BCUT2D eigenvalue weighted by Gasteiger charge is 2.66. The van der Waals surface area contributed by atoms with Crippen molar-refractivity contribution in [1.29, 1.82) is 0 Å². The summed E-state index contributed by atoms with van der Waals surface area (Å²) in [5, 5.41) is 17.6. The number of hydrogen-bond donors (Lipinski definition) is 2. The van der Waals surface area contributed by atoms with Gasteiger partial charge in [0.25, 0.3) is 5.91 Å². The molecule has 2 aromatic carbocycles. The summed E-state index contributed by atoms with van der Waals surface area (Å²) in [4.78, 5) is 53.2. The van der Waals surface area contributed by atoms with E-state index in [1.807, 2.05) is 50.3 Å². The monoisotopic (exact) mass is 663 g/mol. The van der Waals surface area contributed by atoms with E-state index in [9.17, 15) is 24.3 Å². The van der Waals surface area contributed by atoms with Gasteiger partial charge < -0.3 is 29.0 Å². The number of esters is 1. The summed E-state index contributed by atoms with van der Waals surface area (Å²) in [5.74, 6) is -0.543. The molecule has 1 unspecified atom stereocenters. The minimum Gasteiger partial charge on any atom is -0.497 e. The van der Waals surface area contributed by atoms with Gasteiger partial charge in [-0.3, -0.25) is 24.0 Å². The summed E-state index contributed by atoms with van der Waals surface area (Å²) < 4.78 is 19.4. The average molecular weight is 664 g/mol. The molecular weight excluding hydrogens is 622 g/mol. The van der Waals surface area contributed by atoms with Crippen LogP contribution >= 0.6 is 0 Å². The number of aliphatic hydroxyl groups excluding tert-OH is 1. The maximum atomic E-state index is 14.7. The number of β-lactam (4-membered cyclic amide) rings is 1. The van der Waals surface area contributed by atoms with Crippen LogP contribution in [-0.2, 0) is 49.0 Å². The molecule has 14 heteroatoms. The highest BCUT2D eigenvalue weighted by atomic mass is 28.4. The fourth-order valence-corrected chi connectivity index (χ4v) is 10.1. The van der Waals surface area contributed by atoms with E-state index >= 15 is 0 Å². The molecule has 0 bridgehead atoms. The number of aliphatic hydroxyl groups is 1. The number of anilines is 2. The molecule has 4 heterocycles. The Hall–Kier alpha value is -4.11. The van der Waals surface area contributed by atoms with Crippen molar-refractivity contribution in [3.05, 3.63) is 65.5 Å². The Balaban J connectivity index is 1.29. The predicted molar refractivity (Wildman–Crippen MR) is 173 cm³/mol. The van der Waals surface area contributed by atoms with Gasteiger partial charge in [0, 0.05) is 55.4 Å². The summed E-state index contributed by atoms with van der Waals surface area (Å²) in [7, 11) is -1.28. The van der Waals surface area contributed by atoms with Gasteiger partial charge in [0.05, 0.1) is 37.6 Å². The molecule has 1 spiro atoms. The quantitative estimate of drug-likeness (QED) is 0.178. The van der Waals surface area contributed by atoms with Crippen LogP contribution < -0.4 is 14.5 Å². The second-order valence-electron chi connectivity index (χ2n) is 13.1. The lowest BCUT2D eigenvalue weighted by atomic mass is 9.82. The molecular formula is C33H41N5O8Si. The summed E-state index contributed by atoms with van der Waals surface area (Å²) >= 11 is 0. The van der Waals surface area contributed by atoms with Crippen LogP contribution in [0.15, 0.2) is 48.7 Å². The molecule has 3 aliphatic rings. The number of fused-ring (bicyclic) bond motifs is 2. The van der Waals surface area contributed by atoms with Gasteiger partial charge in [-0.15, -0.1) is 5.10 Å². The number of nitrogens with zero attached hydrogens (tertiary/aromatic N) is 5. The zero-order valence-electron chi connectivity index (χ0n) is 27.3. The molecule has 2 saturated heterocycles. The van der Waals surface area contributed by atoms with Crippen molar-refractivity contribution in [1.82, 2.24) is 15.0 Å². The summed E-state index contributed by atoms with van der Waals surface area (Å²) in [6.07, 6.45) is 1.81. The van der Waals surface area contributed by atoms with Gasteiger partial charge in [-0.1, -0.05) is 24.3 Å². The van der Waals surface area contributed by atoms with Crippen molar-refractivity contribution in [2.24, 2.45) is 5.92 Å². The van der Waals surface area contributed by atoms with Crippen molar-refractivity contribution in [3.8, 4) is 5.75 Å². The maximum Gasteiger partial charge on any atom is 0.304 e. The molecule has 2 amide bonds. The van der Waals surface area contributed by atoms with E-state index in [0.29, 0.717) is 47.8 Å². The minimum atomic E-state index is -2.86. The smallest absolute Gasteiger partial charge is 0.304 e. The molecule has 0 aliphatic carbocycles. The SMILES string of the molecule is COc1ccc2c(c1)[C@]1(O[C@@H](CCn3cc(CCO)nn3)[C@H]([Si](C)(C)O)[C@H]1C)C(=O)N2Cc1ccc(N2C(=O)CC2OC(C)=O)cc1. The van der Waals surface area contributed by atoms with E-state index in [4.69, 9.17) is 14.2 Å². The lowest BCUT2D eigenvalue weighted by Gasteiger charge is -2.39. The number of hydrogen-bond acceptors (Lipinski definition) is 10. The van der Waals surface area contributed by atoms with Crippen LogP contribution in [0.2, 0.25) is 18.6 Å². The number of aromatic nitrogens is 3. The van der Waals surface area contributed by atoms with Crippen LogP contribution in [0, 0.1) is 5.92 Å². The van der Waals surface area contributed by atoms with E-state index < -0.39 is 32.2 Å². The van der Waals surface area contributed by atoms with Crippen molar-refractivity contribution < 1.29 is 38.5 Å². The van der Waals surface area contributed by atoms with Crippen molar-refractivity contribution in [2.45, 2.75) is 82.8 Å². The number of aryl methyl sites for hydroxylation is 1. The molecule has 3 aliphatic heterocycles. The number of methoxy groups -OCH3 is 1. The molecule has 47 heavy (non-hydrogen) atoms. The van der Waals surface area contributed by atoms with Crippen LogP contribution in [0.4, 0.5) is 11.4 Å². The molecule has 0 saturated carbocycles. The highest BCUT2D eigenvalue weighted by molar-refractivity contribution is 6.71. The lowest BCUT2D eigenvalue weighted by Crippen LogP contribution is -2.54. The standard InChI is InChI=1S/C33H41N5O8Si/c1-20-31(47(4,5)43)28(12-14-36-19-23(13-15-39)34-35-36)46-33(20)26-16-25(44-3)10-11-27(26)37(32(33)42)18-22-6-8-24(9-7-22)38-29(41)17-30(38)45-21(2)40/h6-11,16,19-20,28,30-31,39,43H,12-15,17-18H2,1-5H3/t20-,28+,30?,31-,33+/m1/s1. The van der Waals surface area contributed by atoms with Gasteiger partial charge >= 0.3 is 5.97 Å². The molecule has 3 aromatic rings. The first-order chi connectivity index (χ1) is 22.4. The first-order valence-electron chi connectivity index (χ1n) is 15.9. The average Bonchev–Trinajstić information content (AvgIpc) is 3.66. The first-order valence-corrected chi connectivity index (χ1v) is 18.9. The molecule has 1 aromatic heterocycles. The van der Waals surface area contributed by atoms with Crippen LogP contribution in [0.5, 0.6) is 5.75 Å². The van der Waals surface area contributed by atoms with Gasteiger partial charge in [0.15, 0.2) is 20.1 Å². The zero-order chi connectivity index (χ0) is 33.7. The van der Waals surface area contributed by atoms with E-state index in [-0.39, 0.29) is 42.8 Å². The summed E-state index contributed by atoms with van der Waals surface area (Å²) in [5.41, 5.74) is 1.95. The topological polar surface area (TPSA) is 157 Å². The van der Waals surface area contributed by atoms with Crippen molar-refractivity contribution >= 4 is 37.5 Å². The number of carbonyl (C=O) groups excluding carboxylic acids is 3. The largest absolute Gasteiger partial charge is 0.497 e. The van der Waals surface area contributed by atoms with Gasteiger partial charge in [-0.05, 0) is 55.4 Å². The zero-order valence-corrected chi connectivity index (χ0v) is 28.3. The number of ether oxygens (including phenoxy) is 3. The molecule has 13 nitrogen and oxygen atoms in total. The van der Waals surface area contributed by atoms with Gasteiger partial charge in [-0.2, -0.15) is 0 Å². The second-order valence-corrected chi connectivity index (χ2v) is 17.0. The third-order valence-electron chi connectivity index (χ3n) is 9.55. The number of amides is 2. The molecule has 6 rings (SSSR count). The van der Waals surface area contributed by atoms with Gasteiger partial charge in [-0.25, -0.2) is 0 Å². The van der Waals surface area contributed by atoms with Crippen LogP contribution in [0.25, 0.3) is 0 Å². The van der Waals surface area contributed by atoms with Crippen LogP contribution in [-0.4, -0.2) is 77.0 Å². The van der Waals surface area contributed by atoms with Gasteiger partial charge in [0.1, 0.15) is 5.75 Å². The van der Waals surface area contributed by atoms with E-state index in [1.165, 1.54) is 11.8 Å². The van der Waals surface area contributed by atoms with Crippen LogP contribution in [0.1, 0.15) is 43.5 Å². The Bertz CT molecular complexity index is 1670. The molecule has 250 valence electrons. The minimum absolute atomic E-state index is 0.0167. The third kappa shape index (κ3) is 5.83. The normalized spacial score (nSPS) is 25.3. The molecule has 2 N–H and O–H groups in total. The molecule has 2 fully saturated rings. The third-order valence-corrected chi connectivity index (χ3v) is 12.1. The maximum absolute atomic E-state index is 14.7. The Morgan fingerprint density at radius 1 is 1.17 bits per heavy atom. The number of benzene rings is 2. The van der Waals surface area contributed by atoms with Gasteiger partial charge in [0.2, 0.25) is 5.91 Å². The fraction of sp³-hybridized carbons (Fsp3) is 0.485. The second kappa shape index (κ2) is 12.5. The predicted octanol–water partition coefficient (Wildman–Crippen LogP) is 2.88. The van der Waals surface area contributed by atoms with Crippen LogP contribution in [0.3, 0.4) is 0 Å². The lowest BCUT2D eigenvalue weighted by molar-refractivity contribution is -0.154. The van der Waals surface area contributed by atoms with E-state index in [1.54, 1.807) is 35.0 Å². The van der Waals surface area contributed by atoms with Crippen molar-refractivity contribution in [2.75, 3.05) is 23.5 Å². The van der Waals surface area contributed by atoms with E-state index in [2.05, 4.69) is 10.3 Å². The molecule has 5 atom stereocenters. The molecule has 0 radical (unpaired) electrons. The fourth-order valence-electron chi connectivity index (χ4n) is 7.47. The van der Waals surface area contributed by atoms with Crippen molar-refractivity contribution in [3.63, 3.8) is 0 Å². The Labute approximate surface area is 274 Å². The highest BCUT2D eigenvalue weighted by Crippen LogP contribution is 2.60. The Kier molecular flexibility index (Phi) is 8.72. The Morgan fingerprint density at radius 3 is 2.55 bits per heavy atom. The number of rotatable bonds is 11. The first kappa shape index (κ1) is 32.8. The Morgan fingerprint density at radius 2 is 1.91 bits per heavy atom. The van der Waals surface area contributed by atoms with E-state index in [0.717, 1.165) is 5.56 Å².